The zero-order chi connectivity index (χ0) is 23.4. The molecule has 0 N–H and O–H groups in total. The maximum atomic E-state index is 7.46. The molecule has 0 aliphatic carbocycles. The summed E-state index contributed by atoms with van der Waals surface area (Å²) >= 11 is 0. The lowest BCUT2D eigenvalue weighted by atomic mass is 9.82. The summed E-state index contributed by atoms with van der Waals surface area (Å²) in [6.07, 6.45) is 3.18. The molecule has 3 rings (SSSR count). The average Bonchev–Trinajstić information content (AvgIpc) is 2.76. The molecule has 0 spiro atoms. The van der Waals surface area contributed by atoms with Gasteiger partial charge in [0.1, 0.15) is 0 Å². The smallest absolute Gasteiger partial charge is 0.409 e. The molecule has 1 aliphatic rings. The first-order valence-electron chi connectivity index (χ1n) is 12.3. The third-order valence-corrected chi connectivity index (χ3v) is 11.7. The fourth-order valence-electron chi connectivity index (χ4n) is 4.97. The minimum absolute atomic E-state index is 0.0291. The van der Waals surface area contributed by atoms with Crippen LogP contribution in [0.1, 0.15) is 61.3 Å². The number of benzene rings is 2. The Labute approximate surface area is 197 Å². The molecule has 2 aromatic carbocycles. The van der Waals surface area contributed by atoms with Crippen LogP contribution in [0.15, 0.2) is 60.7 Å². The molecule has 174 valence electrons. The van der Waals surface area contributed by atoms with Crippen LogP contribution < -0.4 is 10.4 Å². The van der Waals surface area contributed by atoms with Crippen LogP contribution in [-0.4, -0.2) is 33.7 Å². The molecule has 0 saturated carbocycles. The lowest BCUT2D eigenvalue weighted by Gasteiger charge is -2.47. The zero-order valence-electron chi connectivity index (χ0n) is 21.0. The molecule has 1 heterocycles. The van der Waals surface area contributed by atoms with E-state index < -0.39 is 8.32 Å². The second kappa shape index (κ2) is 10.7. The van der Waals surface area contributed by atoms with Crippen LogP contribution in [-0.2, 0) is 13.7 Å². The average molecular weight is 453 g/mol. The highest BCUT2D eigenvalue weighted by Gasteiger charge is 2.52. The summed E-state index contributed by atoms with van der Waals surface area (Å²) in [5, 5.41) is 2.63. The van der Waals surface area contributed by atoms with Crippen molar-refractivity contribution in [3.05, 3.63) is 60.7 Å². The molecule has 0 bridgehead atoms. The van der Waals surface area contributed by atoms with E-state index >= 15 is 0 Å². The summed E-state index contributed by atoms with van der Waals surface area (Å²) in [5.74, 6) is 0.387. The van der Waals surface area contributed by atoms with Crippen molar-refractivity contribution < 1.29 is 13.7 Å². The lowest BCUT2D eigenvalue weighted by molar-refractivity contribution is -0.00610. The van der Waals surface area contributed by atoms with Gasteiger partial charge in [0.05, 0.1) is 6.10 Å². The standard InChI is InChI=1S/C27H41BO3Si/c1-8-28-29-22(4)19-23(30-28)20-26(21(2)3)31-32(27(5,6)7,24-15-11-9-12-16-24)25-17-13-10-14-18-25/h9-18,21-23,26H,8,19-20H2,1-7H3/t22-,23-,26+/m1/s1. The van der Waals surface area contributed by atoms with E-state index in [4.69, 9.17) is 13.7 Å². The molecule has 1 saturated heterocycles. The minimum Gasteiger partial charge on any atom is -0.409 e. The first-order valence-corrected chi connectivity index (χ1v) is 14.2. The lowest BCUT2D eigenvalue weighted by Crippen LogP contribution is -2.68. The van der Waals surface area contributed by atoms with Gasteiger partial charge in [-0.05, 0) is 47.4 Å². The van der Waals surface area contributed by atoms with Crippen molar-refractivity contribution in [2.24, 2.45) is 5.92 Å². The predicted octanol–water partition coefficient (Wildman–Crippen LogP) is 5.68. The monoisotopic (exact) mass is 452 g/mol. The van der Waals surface area contributed by atoms with E-state index in [9.17, 15) is 0 Å². The van der Waals surface area contributed by atoms with Crippen LogP contribution in [0.3, 0.4) is 0 Å². The number of hydrogen-bond acceptors (Lipinski definition) is 3. The SMILES string of the molecule is CCB1O[C@@H](C[C@H](O[Si](c2ccccc2)(c2ccccc2)C(C)(C)C)C(C)C)C[C@@H](C)O1. The van der Waals surface area contributed by atoms with Crippen molar-refractivity contribution in [1.29, 1.82) is 0 Å². The van der Waals surface area contributed by atoms with Crippen molar-refractivity contribution in [3.63, 3.8) is 0 Å². The molecule has 32 heavy (non-hydrogen) atoms. The fourth-order valence-corrected chi connectivity index (χ4v) is 9.80. The van der Waals surface area contributed by atoms with E-state index in [0.717, 1.165) is 19.2 Å². The highest BCUT2D eigenvalue weighted by molar-refractivity contribution is 6.99. The molecule has 2 aromatic rings. The van der Waals surface area contributed by atoms with E-state index in [0.29, 0.717) is 5.92 Å². The van der Waals surface area contributed by atoms with Gasteiger partial charge in [0.15, 0.2) is 0 Å². The van der Waals surface area contributed by atoms with Gasteiger partial charge in [0, 0.05) is 12.2 Å². The summed E-state index contributed by atoms with van der Waals surface area (Å²) in [6, 6.07) is 21.8. The van der Waals surface area contributed by atoms with Crippen molar-refractivity contribution in [3.8, 4) is 0 Å². The molecular weight excluding hydrogens is 411 g/mol. The van der Waals surface area contributed by atoms with Gasteiger partial charge in [-0.25, -0.2) is 0 Å². The van der Waals surface area contributed by atoms with E-state index in [2.05, 4.69) is 109 Å². The Morgan fingerprint density at radius 2 is 1.50 bits per heavy atom. The fraction of sp³-hybridized carbons (Fsp3) is 0.556. The molecule has 5 heteroatoms. The topological polar surface area (TPSA) is 27.7 Å². The van der Waals surface area contributed by atoms with Gasteiger partial charge >= 0.3 is 7.12 Å². The van der Waals surface area contributed by atoms with Gasteiger partial charge in [-0.1, -0.05) is 102 Å². The molecule has 0 aromatic heterocycles. The molecule has 1 aliphatic heterocycles. The van der Waals surface area contributed by atoms with Crippen LogP contribution in [0.2, 0.25) is 11.4 Å². The van der Waals surface area contributed by atoms with Gasteiger partial charge in [0.25, 0.3) is 8.32 Å². The molecule has 3 atom stereocenters. The van der Waals surface area contributed by atoms with Crippen LogP contribution in [0, 0.1) is 5.92 Å². The van der Waals surface area contributed by atoms with Crippen molar-refractivity contribution >= 4 is 25.8 Å². The highest BCUT2D eigenvalue weighted by atomic mass is 28.4. The van der Waals surface area contributed by atoms with Gasteiger partial charge in [-0.3, -0.25) is 0 Å². The predicted molar refractivity (Wildman–Crippen MR) is 138 cm³/mol. The Morgan fingerprint density at radius 3 is 1.94 bits per heavy atom. The molecule has 1 fully saturated rings. The van der Waals surface area contributed by atoms with Crippen molar-refractivity contribution in [2.45, 2.75) is 91.0 Å². The quantitative estimate of drug-likeness (QED) is 0.483. The largest absolute Gasteiger partial charge is 0.456 e. The summed E-state index contributed by atoms with van der Waals surface area (Å²) in [4.78, 5) is 0. The summed E-state index contributed by atoms with van der Waals surface area (Å²) in [7, 11) is -2.70. The molecule has 0 unspecified atom stereocenters. The van der Waals surface area contributed by atoms with Gasteiger partial charge in [-0.2, -0.15) is 0 Å². The second-order valence-electron chi connectivity index (χ2n) is 10.6. The summed E-state index contributed by atoms with van der Waals surface area (Å²) in [6.45, 7) is 15.9. The van der Waals surface area contributed by atoms with Gasteiger partial charge < -0.3 is 13.7 Å². The van der Waals surface area contributed by atoms with Gasteiger partial charge in [0.2, 0.25) is 0 Å². The van der Waals surface area contributed by atoms with Crippen molar-refractivity contribution in [1.82, 2.24) is 0 Å². The van der Waals surface area contributed by atoms with Crippen LogP contribution >= 0.6 is 0 Å². The summed E-state index contributed by atoms with van der Waals surface area (Å²) in [5.41, 5.74) is 0. The maximum Gasteiger partial charge on any atom is 0.456 e. The molecular formula is C27H41BO3Si. The van der Waals surface area contributed by atoms with Gasteiger partial charge in [-0.15, -0.1) is 0 Å². The summed E-state index contributed by atoms with van der Waals surface area (Å²) < 4.78 is 19.7. The third kappa shape index (κ3) is 5.56. The van der Waals surface area contributed by atoms with E-state index in [1.807, 2.05) is 0 Å². The van der Waals surface area contributed by atoms with E-state index in [1.165, 1.54) is 10.4 Å². The number of rotatable bonds is 8. The zero-order valence-corrected chi connectivity index (χ0v) is 22.0. The van der Waals surface area contributed by atoms with Crippen LogP contribution in [0.4, 0.5) is 0 Å². The van der Waals surface area contributed by atoms with E-state index in [1.54, 1.807) is 0 Å². The minimum atomic E-state index is -2.59. The Morgan fingerprint density at radius 1 is 0.969 bits per heavy atom. The van der Waals surface area contributed by atoms with Crippen molar-refractivity contribution in [2.75, 3.05) is 0 Å². The Bertz CT molecular complexity index is 782. The molecule has 3 nitrogen and oxygen atoms in total. The normalized spacial score (nSPS) is 21.1. The molecule has 0 radical (unpaired) electrons. The first-order chi connectivity index (χ1) is 15.2. The van der Waals surface area contributed by atoms with Crippen LogP contribution in [0.25, 0.3) is 0 Å². The Balaban J connectivity index is 2.02. The number of hydrogen-bond donors (Lipinski definition) is 0. The van der Waals surface area contributed by atoms with E-state index in [-0.39, 0.29) is 30.5 Å². The third-order valence-electron chi connectivity index (χ3n) is 6.64. The Kier molecular flexibility index (Phi) is 8.43. The second-order valence-corrected chi connectivity index (χ2v) is 14.8. The first kappa shape index (κ1) is 25.2. The van der Waals surface area contributed by atoms with Crippen LogP contribution in [0.5, 0.6) is 0 Å². The maximum absolute atomic E-state index is 7.46. The highest BCUT2D eigenvalue weighted by Crippen LogP contribution is 2.39. The molecule has 0 amide bonds. The Hall–Kier alpha value is -1.40.